The molecule has 5 nitrogen and oxygen atoms in total. The molecular weight excluding hydrogens is 228 g/mol. The van der Waals surface area contributed by atoms with E-state index in [2.05, 4.69) is 9.97 Å². The van der Waals surface area contributed by atoms with Crippen LogP contribution in [0.2, 0.25) is 0 Å². The Balaban J connectivity index is 2.15. The van der Waals surface area contributed by atoms with E-state index in [9.17, 15) is 0 Å². The predicted molar refractivity (Wildman–Crippen MR) is 68.8 cm³/mol. The van der Waals surface area contributed by atoms with Crippen LogP contribution < -0.4 is 5.73 Å². The van der Waals surface area contributed by atoms with E-state index < -0.39 is 0 Å². The molecule has 0 aliphatic heterocycles. The minimum atomic E-state index is 0.431. The Bertz CT molecular complexity index is 711. The van der Waals surface area contributed by atoms with Crippen molar-refractivity contribution in [2.45, 2.75) is 13.5 Å². The fourth-order valence-corrected chi connectivity index (χ4v) is 2.10. The van der Waals surface area contributed by atoms with E-state index in [0.29, 0.717) is 12.4 Å². The molecule has 0 saturated heterocycles. The number of imidazole rings is 1. The zero-order valence-electron chi connectivity index (χ0n) is 10.3. The molecule has 0 fully saturated rings. The van der Waals surface area contributed by atoms with Crippen LogP contribution in [0, 0.1) is 6.92 Å². The molecule has 0 amide bonds. The van der Waals surface area contributed by atoms with Crippen LogP contribution >= 0.6 is 0 Å². The number of rotatable bonds is 2. The van der Waals surface area contributed by atoms with Crippen molar-refractivity contribution in [3.8, 4) is 11.3 Å². The number of fused-ring (bicyclic) bond motifs is 1. The standard InChI is InChI=1S/C13H14N4O/c1-8-16-10-4-3-9(5-12(10)18-8)11-7-15-13(6-14)17(11)2/h3-5,7H,6,14H2,1-2H3. The molecule has 2 aromatic heterocycles. The number of aromatic nitrogens is 3. The lowest BCUT2D eigenvalue weighted by atomic mass is 10.1. The van der Waals surface area contributed by atoms with E-state index in [0.717, 1.165) is 28.2 Å². The van der Waals surface area contributed by atoms with Crippen molar-refractivity contribution < 1.29 is 4.42 Å². The molecule has 0 aliphatic carbocycles. The molecule has 0 unspecified atom stereocenters. The summed E-state index contributed by atoms with van der Waals surface area (Å²) in [6.07, 6.45) is 1.83. The molecule has 0 aliphatic rings. The summed E-state index contributed by atoms with van der Waals surface area (Å²) in [5, 5.41) is 0. The molecule has 0 radical (unpaired) electrons. The van der Waals surface area contributed by atoms with Crippen LogP contribution in [0.3, 0.4) is 0 Å². The second-order valence-corrected chi connectivity index (χ2v) is 4.24. The Morgan fingerprint density at radius 3 is 2.94 bits per heavy atom. The van der Waals surface area contributed by atoms with Crippen LogP contribution in [0.15, 0.2) is 28.8 Å². The van der Waals surface area contributed by atoms with E-state index in [1.54, 1.807) is 0 Å². The first-order valence-corrected chi connectivity index (χ1v) is 5.77. The highest BCUT2D eigenvalue weighted by Gasteiger charge is 2.09. The van der Waals surface area contributed by atoms with Gasteiger partial charge in [-0.3, -0.25) is 0 Å². The van der Waals surface area contributed by atoms with Crippen molar-refractivity contribution in [3.63, 3.8) is 0 Å². The highest BCUT2D eigenvalue weighted by molar-refractivity contribution is 5.79. The summed E-state index contributed by atoms with van der Waals surface area (Å²) in [7, 11) is 1.96. The lowest BCUT2D eigenvalue weighted by molar-refractivity contribution is 0.561. The first-order valence-electron chi connectivity index (χ1n) is 5.77. The van der Waals surface area contributed by atoms with Gasteiger partial charge in [0.2, 0.25) is 0 Å². The zero-order chi connectivity index (χ0) is 12.7. The quantitative estimate of drug-likeness (QED) is 0.746. The first kappa shape index (κ1) is 11.0. The molecule has 0 spiro atoms. The van der Waals surface area contributed by atoms with Crippen molar-refractivity contribution in [1.82, 2.24) is 14.5 Å². The Kier molecular flexibility index (Phi) is 2.41. The van der Waals surface area contributed by atoms with Gasteiger partial charge in [0.15, 0.2) is 11.5 Å². The molecule has 2 N–H and O–H groups in total. The lowest BCUT2D eigenvalue weighted by Crippen LogP contribution is -2.05. The van der Waals surface area contributed by atoms with Crippen LogP contribution in [0.4, 0.5) is 0 Å². The van der Waals surface area contributed by atoms with Gasteiger partial charge in [-0.2, -0.15) is 0 Å². The second kappa shape index (κ2) is 3.96. The van der Waals surface area contributed by atoms with E-state index >= 15 is 0 Å². The van der Waals surface area contributed by atoms with Gasteiger partial charge in [-0.25, -0.2) is 9.97 Å². The maximum absolute atomic E-state index is 5.62. The third-order valence-corrected chi connectivity index (χ3v) is 3.06. The number of nitrogens with two attached hydrogens (primary N) is 1. The summed E-state index contributed by atoms with van der Waals surface area (Å²) in [4.78, 5) is 8.57. The van der Waals surface area contributed by atoms with Gasteiger partial charge in [0.25, 0.3) is 0 Å². The molecule has 2 heterocycles. The smallest absolute Gasteiger partial charge is 0.192 e. The number of aryl methyl sites for hydroxylation is 1. The first-order chi connectivity index (χ1) is 8.69. The minimum absolute atomic E-state index is 0.431. The number of nitrogens with zero attached hydrogens (tertiary/aromatic N) is 3. The highest BCUT2D eigenvalue weighted by Crippen LogP contribution is 2.25. The van der Waals surface area contributed by atoms with E-state index in [-0.39, 0.29) is 0 Å². The summed E-state index contributed by atoms with van der Waals surface area (Å²) in [5.41, 5.74) is 9.36. The second-order valence-electron chi connectivity index (χ2n) is 4.24. The summed E-state index contributed by atoms with van der Waals surface area (Å²) in [6, 6.07) is 5.95. The van der Waals surface area contributed by atoms with E-state index in [4.69, 9.17) is 10.2 Å². The van der Waals surface area contributed by atoms with Gasteiger partial charge in [-0.05, 0) is 12.1 Å². The number of hydrogen-bond acceptors (Lipinski definition) is 4. The topological polar surface area (TPSA) is 69.9 Å². The molecule has 1 aromatic carbocycles. The highest BCUT2D eigenvalue weighted by atomic mass is 16.3. The molecule has 0 saturated carbocycles. The van der Waals surface area contributed by atoms with Crippen LogP contribution in [-0.2, 0) is 13.6 Å². The van der Waals surface area contributed by atoms with Gasteiger partial charge in [0.1, 0.15) is 11.3 Å². The van der Waals surface area contributed by atoms with E-state index in [1.807, 2.05) is 42.9 Å². The molecule has 0 atom stereocenters. The van der Waals surface area contributed by atoms with Gasteiger partial charge < -0.3 is 14.7 Å². The molecule has 18 heavy (non-hydrogen) atoms. The Morgan fingerprint density at radius 2 is 2.22 bits per heavy atom. The average Bonchev–Trinajstić information content (AvgIpc) is 2.89. The number of oxazole rings is 1. The van der Waals surface area contributed by atoms with Crippen molar-refractivity contribution >= 4 is 11.1 Å². The fourth-order valence-electron chi connectivity index (χ4n) is 2.10. The SMILES string of the molecule is Cc1nc2ccc(-c3cnc(CN)n3C)cc2o1. The van der Waals surface area contributed by atoms with Crippen molar-refractivity contribution in [2.24, 2.45) is 12.8 Å². The predicted octanol–water partition coefficient (Wildman–Crippen LogP) is 2.00. The maximum atomic E-state index is 5.62. The number of hydrogen-bond donors (Lipinski definition) is 1. The molecule has 3 rings (SSSR count). The van der Waals surface area contributed by atoms with E-state index in [1.165, 1.54) is 0 Å². The van der Waals surface area contributed by atoms with Gasteiger partial charge >= 0.3 is 0 Å². The summed E-state index contributed by atoms with van der Waals surface area (Å²) in [6.45, 7) is 2.27. The summed E-state index contributed by atoms with van der Waals surface area (Å²) < 4.78 is 7.53. The van der Waals surface area contributed by atoms with Gasteiger partial charge in [-0.15, -0.1) is 0 Å². The largest absolute Gasteiger partial charge is 0.441 e. The normalized spacial score (nSPS) is 11.3. The summed E-state index contributed by atoms with van der Waals surface area (Å²) in [5.74, 6) is 1.54. The molecule has 0 bridgehead atoms. The van der Waals surface area contributed by atoms with Gasteiger partial charge in [0, 0.05) is 19.5 Å². The number of benzene rings is 1. The van der Waals surface area contributed by atoms with Gasteiger partial charge in [-0.1, -0.05) is 6.07 Å². The van der Waals surface area contributed by atoms with Crippen LogP contribution in [0.25, 0.3) is 22.4 Å². The van der Waals surface area contributed by atoms with Gasteiger partial charge in [0.05, 0.1) is 18.4 Å². The fraction of sp³-hybridized carbons (Fsp3) is 0.231. The Hall–Kier alpha value is -2.14. The molecular formula is C13H14N4O. The van der Waals surface area contributed by atoms with Crippen molar-refractivity contribution in [3.05, 3.63) is 36.1 Å². The van der Waals surface area contributed by atoms with Crippen LogP contribution in [0.1, 0.15) is 11.7 Å². The third kappa shape index (κ3) is 1.60. The monoisotopic (exact) mass is 242 g/mol. The molecule has 92 valence electrons. The zero-order valence-corrected chi connectivity index (χ0v) is 10.3. The Morgan fingerprint density at radius 1 is 1.39 bits per heavy atom. The molecule has 3 aromatic rings. The maximum Gasteiger partial charge on any atom is 0.192 e. The Labute approximate surface area is 104 Å². The lowest BCUT2D eigenvalue weighted by Gasteiger charge is -2.04. The van der Waals surface area contributed by atoms with Crippen LogP contribution in [-0.4, -0.2) is 14.5 Å². The molecule has 5 heteroatoms. The average molecular weight is 242 g/mol. The minimum Gasteiger partial charge on any atom is -0.441 e. The summed E-state index contributed by atoms with van der Waals surface area (Å²) >= 11 is 0. The third-order valence-electron chi connectivity index (χ3n) is 3.06. The van der Waals surface area contributed by atoms with Crippen molar-refractivity contribution in [2.75, 3.05) is 0 Å². The van der Waals surface area contributed by atoms with Crippen LogP contribution in [0.5, 0.6) is 0 Å². The van der Waals surface area contributed by atoms with Crippen molar-refractivity contribution in [1.29, 1.82) is 0 Å².